The van der Waals surface area contributed by atoms with E-state index in [1.165, 1.54) is 12.8 Å². The maximum Gasteiger partial charge on any atom is 0.276 e. The van der Waals surface area contributed by atoms with Crippen molar-refractivity contribution in [3.05, 3.63) is 24.3 Å². The Bertz CT molecular complexity index is 517. The number of nitrogens with one attached hydrogen (secondary N) is 1. The summed E-state index contributed by atoms with van der Waals surface area (Å²) in [5, 5.41) is 2.52. The van der Waals surface area contributed by atoms with E-state index in [2.05, 4.69) is 17.1 Å². The van der Waals surface area contributed by atoms with Crippen LogP contribution in [-0.2, 0) is 4.79 Å². The van der Waals surface area contributed by atoms with Crippen LogP contribution in [0.5, 0.6) is 5.75 Å². The van der Waals surface area contributed by atoms with Crippen molar-refractivity contribution in [2.75, 3.05) is 31.6 Å². The van der Waals surface area contributed by atoms with Gasteiger partial charge in [-0.2, -0.15) is 0 Å². The average molecular weight is 380 g/mol. The lowest BCUT2D eigenvalue weighted by atomic mass is 10.0. The van der Waals surface area contributed by atoms with Gasteiger partial charge in [0.15, 0.2) is 0 Å². The molecule has 1 amide bonds. The Morgan fingerprint density at radius 3 is 2.65 bits per heavy atom. The van der Waals surface area contributed by atoms with E-state index >= 15 is 0 Å². The zero-order valence-corrected chi connectivity index (χ0v) is 15.3. The van der Waals surface area contributed by atoms with E-state index in [0.29, 0.717) is 12.3 Å². The number of alkyl halides is 3. The fourth-order valence-electron chi connectivity index (χ4n) is 2.62. The average Bonchev–Trinajstić information content (AvgIpc) is 2.48. The van der Waals surface area contributed by atoms with Gasteiger partial charge in [0.05, 0.1) is 0 Å². The van der Waals surface area contributed by atoms with Crippen molar-refractivity contribution < 1.29 is 9.53 Å². The number of piperidine rings is 1. The Morgan fingerprint density at radius 1 is 1.35 bits per heavy atom. The first-order valence-corrected chi connectivity index (χ1v) is 8.81. The Hall–Kier alpha value is -0.680. The van der Waals surface area contributed by atoms with Crippen molar-refractivity contribution in [3.8, 4) is 5.75 Å². The number of hydrogen-bond acceptors (Lipinski definition) is 3. The van der Waals surface area contributed by atoms with Crippen LogP contribution in [0.2, 0.25) is 0 Å². The van der Waals surface area contributed by atoms with Gasteiger partial charge in [-0.15, -0.1) is 0 Å². The molecule has 1 atom stereocenters. The van der Waals surface area contributed by atoms with Gasteiger partial charge >= 0.3 is 0 Å². The van der Waals surface area contributed by atoms with Crippen molar-refractivity contribution in [2.24, 2.45) is 5.92 Å². The Kier molecular flexibility index (Phi) is 6.84. The second-order valence-electron chi connectivity index (χ2n) is 5.87. The van der Waals surface area contributed by atoms with Gasteiger partial charge < -0.3 is 10.1 Å². The first-order valence-electron chi connectivity index (χ1n) is 7.68. The Balaban J connectivity index is 1.75. The number of carbonyl (C=O) groups excluding carboxylic acids is 1. The van der Waals surface area contributed by atoms with Crippen LogP contribution < -0.4 is 10.1 Å². The molecule has 0 radical (unpaired) electrons. The van der Waals surface area contributed by atoms with E-state index in [1.807, 2.05) is 0 Å². The zero-order valence-electron chi connectivity index (χ0n) is 13.0. The lowest BCUT2D eigenvalue weighted by Crippen LogP contribution is -2.37. The van der Waals surface area contributed by atoms with Crippen LogP contribution in [0.4, 0.5) is 5.69 Å². The number of hydrogen-bond donors (Lipinski definition) is 1. The molecule has 7 heteroatoms. The predicted molar refractivity (Wildman–Crippen MR) is 95.7 cm³/mol. The smallest absolute Gasteiger partial charge is 0.276 e. The number of ether oxygens (including phenoxy) is 1. The highest BCUT2D eigenvalue weighted by Gasteiger charge is 2.30. The summed E-state index contributed by atoms with van der Waals surface area (Å²) < 4.78 is 3.77. The van der Waals surface area contributed by atoms with Crippen LogP contribution in [0.3, 0.4) is 0 Å². The van der Waals surface area contributed by atoms with E-state index < -0.39 is 9.70 Å². The molecule has 0 saturated carbocycles. The minimum absolute atomic E-state index is 0.554. The van der Waals surface area contributed by atoms with E-state index in [9.17, 15) is 4.79 Å². The molecule has 1 aromatic carbocycles. The Morgan fingerprint density at radius 2 is 2.04 bits per heavy atom. The predicted octanol–water partition coefficient (Wildman–Crippen LogP) is 4.11. The van der Waals surface area contributed by atoms with Gasteiger partial charge in [-0.1, -0.05) is 41.7 Å². The molecule has 0 aromatic heterocycles. The summed E-state index contributed by atoms with van der Waals surface area (Å²) in [6, 6.07) is 7.00. The molecule has 4 nitrogen and oxygen atoms in total. The third-order valence-corrected chi connectivity index (χ3v) is 4.30. The maximum atomic E-state index is 11.5. The maximum absolute atomic E-state index is 11.5. The van der Waals surface area contributed by atoms with Crippen molar-refractivity contribution in [1.82, 2.24) is 4.90 Å². The van der Waals surface area contributed by atoms with Gasteiger partial charge in [-0.05, 0) is 49.6 Å². The Labute approximate surface area is 152 Å². The summed E-state index contributed by atoms with van der Waals surface area (Å²) in [5.74, 6) is 0.835. The number of halogens is 3. The highest BCUT2D eigenvalue weighted by Crippen LogP contribution is 2.28. The number of nitrogens with zero attached hydrogens (tertiary/aromatic N) is 1. The number of rotatable bonds is 5. The van der Waals surface area contributed by atoms with Gasteiger partial charge in [-0.3, -0.25) is 9.69 Å². The van der Waals surface area contributed by atoms with Crippen molar-refractivity contribution in [3.63, 3.8) is 0 Å². The van der Waals surface area contributed by atoms with Gasteiger partial charge in [-0.25, -0.2) is 0 Å². The number of carbonyl (C=O) groups is 1. The van der Waals surface area contributed by atoms with Crippen molar-refractivity contribution >= 4 is 46.4 Å². The largest absolute Gasteiger partial charge is 0.492 e. The molecule has 0 bridgehead atoms. The number of amides is 1. The molecule has 1 saturated heterocycles. The fourth-order valence-corrected chi connectivity index (χ4v) is 2.76. The van der Waals surface area contributed by atoms with Crippen LogP contribution in [0.25, 0.3) is 0 Å². The van der Waals surface area contributed by atoms with E-state index in [1.54, 1.807) is 24.3 Å². The molecule has 1 aromatic rings. The number of likely N-dealkylation sites (tertiary alicyclic amines) is 1. The van der Waals surface area contributed by atoms with Crippen LogP contribution in [0.15, 0.2) is 24.3 Å². The highest BCUT2D eigenvalue weighted by atomic mass is 35.6. The van der Waals surface area contributed by atoms with Gasteiger partial charge in [0, 0.05) is 18.8 Å². The van der Waals surface area contributed by atoms with Crippen LogP contribution in [0.1, 0.15) is 19.8 Å². The highest BCUT2D eigenvalue weighted by molar-refractivity contribution is 6.76. The minimum atomic E-state index is -1.97. The summed E-state index contributed by atoms with van der Waals surface area (Å²) in [5.41, 5.74) is 0.554. The van der Waals surface area contributed by atoms with Crippen molar-refractivity contribution in [1.29, 1.82) is 0 Å². The minimum Gasteiger partial charge on any atom is -0.492 e. The number of anilines is 1. The van der Waals surface area contributed by atoms with E-state index in [0.717, 1.165) is 31.3 Å². The second kappa shape index (κ2) is 8.43. The summed E-state index contributed by atoms with van der Waals surface area (Å²) >= 11 is 16.5. The molecule has 128 valence electrons. The lowest BCUT2D eigenvalue weighted by molar-refractivity contribution is -0.115. The zero-order chi connectivity index (χ0) is 16.9. The molecule has 1 fully saturated rings. The third kappa shape index (κ3) is 6.38. The first kappa shape index (κ1) is 18.7. The normalized spacial score (nSPS) is 19.4. The lowest BCUT2D eigenvalue weighted by Gasteiger charge is -2.30. The van der Waals surface area contributed by atoms with Crippen LogP contribution in [0, 0.1) is 5.92 Å². The molecule has 1 unspecified atom stereocenters. The molecule has 2 rings (SSSR count). The fraction of sp³-hybridized carbons (Fsp3) is 0.562. The number of benzene rings is 1. The quantitative estimate of drug-likeness (QED) is 0.783. The molecule has 1 aliphatic heterocycles. The molecular formula is C16H21Cl3N2O2. The SMILES string of the molecule is CC1CCCN(CCOc2ccc(NC(=O)C(Cl)(Cl)Cl)cc2)C1. The molecular weight excluding hydrogens is 359 g/mol. The third-order valence-electron chi connectivity index (χ3n) is 3.79. The summed E-state index contributed by atoms with van der Waals surface area (Å²) in [4.78, 5) is 14.0. The summed E-state index contributed by atoms with van der Waals surface area (Å²) in [7, 11) is 0. The summed E-state index contributed by atoms with van der Waals surface area (Å²) in [6.07, 6.45) is 2.58. The van der Waals surface area contributed by atoms with Crippen LogP contribution >= 0.6 is 34.8 Å². The van der Waals surface area contributed by atoms with Gasteiger partial charge in [0.25, 0.3) is 9.70 Å². The van der Waals surface area contributed by atoms with E-state index in [-0.39, 0.29) is 0 Å². The first-order chi connectivity index (χ1) is 10.8. The van der Waals surface area contributed by atoms with Gasteiger partial charge in [0.1, 0.15) is 12.4 Å². The van der Waals surface area contributed by atoms with Crippen molar-refractivity contribution in [2.45, 2.75) is 23.6 Å². The van der Waals surface area contributed by atoms with E-state index in [4.69, 9.17) is 39.5 Å². The molecule has 0 aliphatic carbocycles. The molecule has 1 aliphatic rings. The van der Waals surface area contributed by atoms with Crippen LogP contribution in [-0.4, -0.2) is 40.8 Å². The molecule has 23 heavy (non-hydrogen) atoms. The van der Waals surface area contributed by atoms with Gasteiger partial charge in [0.2, 0.25) is 0 Å². The standard InChI is InChI=1S/C16H21Cl3N2O2/c1-12-3-2-8-21(11-12)9-10-23-14-6-4-13(5-7-14)20-15(22)16(17,18)19/h4-7,12H,2-3,8-11H2,1H3,(H,20,22). The summed E-state index contributed by atoms with van der Waals surface area (Å²) in [6.45, 7) is 6.15. The monoisotopic (exact) mass is 378 g/mol. The second-order valence-corrected chi connectivity index (χ2v) is 8.15. The molecule has 0 spiro atoms. The molecule has 1 heterocycles. The molecule has 1 N–H and O–H groups in total. The topological polar surface area (TPSA) is 41.6 Å².